The number of aliphatic hydroxyl groups excluding tert-OH is 4. The van der Waals surface area contributed by atoms with E-state index < -0.39 is 23.7 Å². The average Bonchev–Trinajstić information content (AvgIpc) is 1.97. The van der Waals surface area contributed by atoms with Gasteiger partial charge in [0.25, 0.3) is 0 Å². The SMILES string of the molecule is C[C@@H]1S[C@H](O)[C@H](O)[C@@H](O)[C@@H]1O. The van der Waals surface area contributed by atoms with Gasteiger partial charge in [-0.3, -0.25) is 0 Å². The van der Waals surface area contributed by atoms with E-state index in [0.29, 0.717) is 0 Å². The van der Waals surface area contributed by atoms with Gasteiger partial charge in [0.05, 0.1) is 6.10 Å². The minimum absolute atomic E-state index is 0.247. The van der Waals surface area contributed by atoms with Crippen LogP contribution in [0.4, 0.5) is 0 Å². The van der Waals surface area contributed by atoms with E-state index in [-0.39, 0.29) is 5.25 Å². The molecule has 0 unspecified atom stereocenters. The number of hydrogen-bond acceptors (Lipinski definition) is 5. The first-order valence-corrected chi connectivity index (χ1v) is 4.36. The molecule has 5 atom stereocenters. The van der Waals surface area contributed by atoms with Crippen molar-refractivity contribution >= 4 is 11.8 Å². The normalized spacial score (nSPS) is 52.6. The highest BCUT2D eigenvalue weighted by molar-refractivity contribution is 8.00. The van der Waals surface area contributed by atoms with Crippen molar-refractivity contribution in [1.82, 2.24) is 0 Å². The fourth-order valence-corrected chi connectivity index (χ4v) is 2.11. The van der Waals surface area contributed by atoms with Gasteiger partial charge in [0.2, 0.25) is 0 Å². The predicted octanol–water partition coefficient (Wildman–Crippen LogP) is -1.48. The molecule has 0 spiro atoms. The molecule has 0 aromatic carbocycles. The molecule has 0 bridgehead atoms. The molecule has 0 radical (unpaired) electrons. The molecule has 1 heterocycles. The molecule has 11 heavy (non-hydrogen) atoms. The van der Waals surface area contributed by atoms with Gasteiger partial charge in [0, 0.05) is 5.25 Å². The van der Waals surface area contributed by atoms with Crippen LogP contribution in [0.15, 0.2) is 0 Å². The summed E-state index contributed by atoms with van der Waals surface area (Å²) in [5, 5.41) is 36.2. The third kappa shape index (κ3) is 1.68. The van der Waals surface area contributed by atoms with Gasteiger partial charge in [-0.25, -0.2) is 0 Å². The Bertz CT molecular complexity index is 129. The van der Waals surface area contributed by atoms with Gasteiger partial charge in [-0.2, -0.15) is 0 Å². The first-order valence-electron chi connectivity index (χ1n) is 3.41. The molecule has 4 nitrogen and oxygen atoms in total. The summed E-state index contributed by atoms with van der Waals surface area (Å²) >= 11 is 1.06. The summed E-state index contributed by atoms with van der Waals surface area (Å²) in [5.74, 6) is 0. The third-order valence-corrected chi connectivity index (χ3v) is 3.09. The fourth-order valence-electron chi connectivity index (χ4n) is 1.03. The minimum atomic E-state index is -1.24. The van der Waals surface area contributed by atoms with Crippen molar-refractivity contribution in [3.05, 3.63) is 0 Å². The van der Waals surface area contributed by atoms with Gasteiger partial charge in [-0.1, -0.05) is 6.92 Å². The standard InChI is InChI=1S/C6H12O4S/c1-2-3(7)4(8)5(9)6(10)11-2/h2-10H,1H3/t2-,3+,4-,5+,6-/m0/s1. The Morgan fingerprint density at radius 3 is 2.00 bits per heavy atom. The summed E-state index contributed by atoms with van der Waals surface area (Å²) in [6.45, 7) is 1.69. The number of aliphatic hydroxyl groups is 4. The van der Waals surface area contributed by atoms with Gasteiger partial charge in [0.1, 0.15) is 17.6 Å². The van der Waals surface area contributed by atoms with E-state index in [2.05, 4.69) is 0 Å². The number of rotatable bonds is 0. The maximum absolute atomic E-state index is 9.19. The Kier molecular flexibility index (Phi) is 2.77. The second-order valence-corrected chi connectivity index (χ2v) is 4.20. The van der Waals surface area contributed by atoms with E-state index in [9.17, 15) is 5.11 Å². The summed E-state index contributed by atoms with van der Waals surface area (Å²) in [4.78, 5) is 0. The second-order valence-electron chi connectivity index (χ2n) is 2.70. The highest BCUT2D eigenvalue weighted by Gasteiger charge is 2.40. The van der Waals surface area contributed by atoms with Gasteiger partial charge >= 0.3 is 0 Å². The monoisotopic (exact) mass is 180 g/mol. The lowest BCUT2D eigenvalue weighted by molar-refractivity contribution is -0.0909. The van der Waals surface area contributed by atoms with E-state index in [1.165, 1.54) is 0 Å². The Balaban J connectivity index is 2.63. The van der Waals surface area contributed by atoms with E-state index in [4.69, 9.17) is 15.3 Å². The van der Waals surface area contributed by atoms with E-state index in [1.807, 2.05) is 0 Å². The molecule has 0 amide bonds. The lowest BCUT2D eigenvalue weighted by Gasteiger charge is -2.35. The molecule has 66 valence electrons. The molecule has 0 saturated carbocycles. The zero-order chi connectivity index (χ0) is 8.59. The highest BCUT2D eigenvalue weighted by Crippen LogP contribution is 2.30. The molecule has 1 aliphatic rings. The minimum Gasteiger partial charge on any atom is -0.389 e. The van der Waals surface area contributed by atoms with Crippen molar-refractivity contribution < 1.29 is 20.4 Å². The van der Waals surface area contributed by atoms with E-state index in [1.54, 1.807) is 6.92 Å². The van der Waals surface area contributed by atoms with Crippen LogP contribution in [0.3, 0.4) is 0 Å². The lowest BCUT2D eigenvalue weighted by Crippen LogP contribution is -2.52. The molecule has 1 saturated heterocycles. The van der Waals surface area contributed by atoms with Crippen LogP contribution in [0.2, 0.25) is 0 Å². The van der Waals surface area contributed by atoms with Gasteiger partial charge < -0.3 is 20.4 Å². The number of thioether (sulfide) groups is 1. The Morgan fingerprint density at radius 2 is 1.45 bits per heavy atom. The van der Waals surface area contributed by atoms with Crippen molar-refractivity contribution in [2.75, 3.05) is 0 Å². The van der Waals surface area contributed by atoms with Crippen LogP contribution in [0.5, 0.6) is 0 Å². The number of hydrogen-bond donors (Lipinski definition) is 4. The maximum Gasteiger partial charge on any atom is 0.128 e. The van der Waals surface area contributed by atoms with Gasteiger partial charge in [-0.05, 0) is 0 Å². The Hall–Kier alpha value is 0.190. The smallest absolute Gasteiger partial charge is 0.128 e. The van der Waals surface area contributed by atoms with E-state index in [0.717, 1.165) is 11.8 Å². The Labute approximate surface area is 68.9 Å². The van der Waals surface area contributed by atoms with Gasteiger partial charge in [-0.15, -0.1) is 11.8 Å². The van der Waals surface area contributed by atoms with Crippen molar-refractivity contribution in [3.63, 3.8) is 0 Å². The van der Waals surface area contributed by atoms with Crippen LogP contribution in [0.25, 0.3) is 0 Å². The van der Waals surface area contributed by atoms with Crippen LogP contribution in [-0.4, -0.2) is 49.4 Å². The van der Waals surface area contributed by atoms with E-state index >= 15 is 0 Å². The van der Waals surface area contributed by atoms with Crippen LogP contribution in [0.1, 0.15) is 6.92 Å². The summed E-state index contributed by atoms with van der Waals surface area (Å²) in [6, 6.07) is 0. The van der Waals surface area contributed by atoms with Crippen molar-refractivity contribution in [2.45, 2.75) is 35.9 Å². The van der Waals surface area contributed by atoms with Gasteiger partial charge in [0.15, 0.2) is 0 Å². The summed E-state index contributed by atoms with van der Waals surface area (Å²) in [6.07, 6.45) is -3.44. The van der Waals surface area contributed by atoms with Crippen LogP contribution >= 0.6 is 11.8 Å². The quantitative estimate of drug-likeness (QED) is 0.366. The Morgan fingerprint density at radius 1 is 0.909 bits per heavy atom. The van der Waals surface area contributed by atoms with Crippen LogP contribution < -0.4 is 0 Å². The third-order valence-electron chi connectivity index (χ3n) is 1.83. The van der Waals surface area contributed by atoms with Crippen molar-refractivity contribution in [1.29, 1.82) is 0 Å². The second kappa shape index (κ2) is 3.28. The fraction of sp³-hybridized carbons (Fsp3) is 1.00. The molecule has 0 aromatic heterocycles. The predicted molar refractivity (Wildman–Crippen MR) is 41.1 cm³/mol. The van der Waals surface area contributed by atoms with Crippen LogP contribution in [0, 0.1) is 0 Å². The highest BCUT2D eigenvalue weighted by atomic mass is 32.2. The molecule has 1 fully saturated rings. The summed E-state index contributed by atoms with van der Waals surface area (Å²) in [7, 11) is 0. The molecule has 5 heteroatoms. The van der Waals surface area contributed by atoms with Crippen molar-refractivity contribution in [2.24, 2.45) is 0 Å². The zero-order valence-corrected chi connectivity index (χ0v) is 6.90. The molecular formula is C6H12O4S. The topological polar surface area (TPSA) is 80.9 Å². The molecule has 4 N–H and O–H groups in total. The maximum atomic E-state index is 9.19. The molecule has 0 aromatic rings. The average molecular weight is 180 g/mol. The first-order chi connectivity index (χ1) is 5.04. The molecule has 1 rings (SSSR count). The zero-order valence-electron chi connectivity index (χ0n) is 6.08. The first kappa shape index (κ1) is 9.28. The molecule has 1 aliphatic heterocycles. The largest absolute Gasteiger partial charge is 0.389 e. The van der Waals surface area contributed by atoms with Crippen LogP contribution in [-0.2, 0) is 0 Å². The summed E-state index contributed by atoms with van der Waals surface area (Å²) in [5.41, 5.74) is -0.997. The molecular weight excluding hydrogens is 168 g/mol. The lowest BCUT2D eigenvalue weighted by atomic mass is 10.1. The summed E-state index contributed by atoms with van der Waals surface area (Å²) < 4.78 is 0. The molecule has 0 aliphatic carbocycles. The van der Waals surface area contributed by atoms with Crippen molar-refractivity contribution in [3.8, 4) is 0 Å².